The van der Waals surface area contributed by atoms with Crippen molar-refractivity contribution in [3.8, 4) is 17.4 Å². The molecule has 1 aromatic heterocycles. The van der Waals surface area contributed by atoms with Gasteiger partial charge in [-0.15, -0.1) is 0 Å². The summed E-state index contributed by atoms with van der Waals surface area (Å²) >= 11 is 0. The van der Waals surface area contributed by atoms with Crippen LogP contribution in [0, 0.1) is 37.0 Å². The fourth-order valence-corrected chi connectivity index (χ4v) is 3.20. The van der Waals surface area contributed by atoms with Crippen LogP contribution >= 0.6 is 0 Å². The molecule has 1 aliphatic heterocycles. The number of likely N-dealkylation sites (N-methyl/N-ethyl adjacent to an activating group) is 1. The number of amides is 2. The molecule has 1 fully saturated rings. The van der Waals surface area contributed by atoms with Crippen molar-refractivity contribution >= 4 is 17.9 Å². The number of carbonyl (C=O) groups excluding carboxylic acids is 2. The quantitative estimate of drug-likeness (QED) is 0.612. The maximum atomic E-state index is 12.5. The summed E-state index contributed by atoms with van der Waals surface area (Å²) < 4.78 is 5.92. The number of nitrogens with zero attached hydrogens (tertiary/aromatic N) is 2. The van der Waals surface area contributed by atoms with Gasteiger partial charge in [-0.3, -0.25) is 14.5 Å². The first-order valence-electron chi connectivity index (χ1n) is 8.44. The Bertz CT molecular complexity index is 962. The van der Waals surface area contributed by atoms with E-state index in [-0.39, 0.29) is 0 Å². The molecule has 2 unspecified atom stereocenters. The minimum atomic E-state index is -0.864. The molecule has 132 valence electrons. The molecule has 5 nitrogen and oxygen atoms in total. The number of furan rings is 1. The number of rotatable bonds is 2. The fraction of sp³-hybridized carbons (Fsp3) is 0.286. The van der Waals surface area contributed by atoms with E-state index in [9.17, 15) is 14.9 Å². The van der Waals surface area contributed by atoms with Gasteiger partial charge >= 0.3 is 0 Å². The summed E-state index contributed by atoms with van der Waals surface area (Å²) in [5.74, 6) is -0.954. The van der Waals surface area contributed by atoms with Crippen LogP contribution in [0.4, 0.5) is 0 Å². The molecule has 1 aromatic carbocycles. The van der Waals surface area contributed by atoms with Crippen LogP contribution in [-0.4, -0.2) is 23.8 Å². The lowest BCUT2D eigenvalue weighted by molar-refractivity contribution is -0.146. The Morgan fingerprint density at radius 1 is 1.19 bits per heavy atom. The number of carbonyl (C=O) groups is 2. The molecule has 2 amide bonds. The maximum Gasteiger partial charge on any atom is 0.256 e. The van der Waals surface area contributed by atoms with Gasteiger partial charge in [0.15, 0.2) is 0 Å². The number of imide groups is 1. The summed E-state index contributed by atoms with van der Waals surface area (Å²) in [6, 6.07) is 11.7. The third kappa shape index (κ3) is 2.84. The molecule has 2 aromatic rings. The standard InChI is InChI=1S/C21H20N2O3/c1-12-6-5-7-16(13(12)2)19-9-8-15(26-19)10-17-14(3)18(11-22)21(25)23(4)20(17)24/h5-10,14,18H,1-4H3/b17-10+. The normalized spacial score (nSPS) is 22.0. The Morgan fingerprint density at radius 3 is 2.62 bits per heavy atom. The maximum absolute atomic E-state index is 12.5. The molecular weight excluding hydrogens is 328 g/mol. The molecule has 0 spiro atoms. The van der Waals surface area contributed by atoms with Crippen LogP contribution < -0.4 is 0 Å². The molecule has 0 radical (unpaired) electrons. The van der Waals surface area contributed by atoms with Crippen LogP contribution in [0.3, 0.4) is 0 Å². The molecule has 3 rings (SSSR count). The van der Waals surface area contributed by atoms with Gasteiger partial charge in [0.05, 0.1) is 6.07 Å². The number of aryl methyl sites for hydroxylation is 1. The molecule has 1 saturated heterocycles. The molecule has 5 heteroatoms. The van der Waals surface area contributed by atoms with Crippen molar-refractivity contribution in [3.05, 3.63) is 52.8 Å². The first-order valence-corrected chi connectivity index (χ1v) is 8.44. The van der Waals surface area contributed by atoms with Gasteiger partial charge in [0.2, 0.25) is 5.91 Å². The van der Waals surface area contributed by atoms with Gasteiger partial charge in [0.1, 0.15) is 17.4 Å². The zero-order chi connectivity index (χ0) is 19.0. The second-order valence-corrected chi connectivity index (χ2v) is 6.65. The van der Waals surface area contributed by atoms with E-state index < -0.39 is 23.7 Å². The van der Waals surface area contributed by atoms with Gasteiger partial charge in [-0.25, -0.2) is 0 Å². The van der Waals surface area contributed by atoms with Crippen LogP contribution in [0.1, 0.15) is 23.8 Å². The number of hydrogen-bond donors (Lipinski definition) is 0. The summed E-state index contributed by atoms with van der Waals surface area (Å²) in [5.41, 5.74) is 3.71. The highest BCUT2D eigenvalue weighted by atomic mass is 16.3. The minimum absolute atomic E-state index is 0.390. The highest BCUT2D eigenvalue weighted by Gasteiger charge is 2.41. The summed E-state index contributed by atoms with van der Waals surface area (Å²) in [6.07, 6.45) is 1.63. The topological polar surface area (TPSA) is 74.3 Å². The van der Waals surface area contributed by atoms with Crippen molar-refractivity contribution < 1.29 is 14.0 Å². The predicted molar refractivity (Wildman–Crippen MR) is 97.6 cm³/mol. The largest absolute Gasteiger partial charge is 0.457 e. The number of piperidine rings is 1. The lowest BCUT2D eigenvalue weighted by Gasteiger charge is -2.30. The first-order chi connectivity index (χ1) is 12.3. The van der Waals surface area contributed by atoms with E-state index in [1.807, 2.05) is 44.2 Å². The fourth-order valence-electron chi connectivity index (χ4n) is 3.20. The van der Waals surface area contributed by atoms with Crippen molar-refractivity contribution in [2.24, 2.45) is 11.8 Å². The van der Waals surface area contributed by atoms with Crippen molar-refractivity contribution in [1.29, 1.82) is 5.26 Å². The molecule has 2 heterocycles. The van der Waals surface area contributed by atoms with Gasteiger partial charge in [0.25, 0.3) is 5.91 Å². The Kier molecular flexibility index (Phi) is 4.52. The van der Waals surface area contributed by atoms with Crippen LogP contribution in [0.25, 0.3) is 17.4 Å². The van der Waals surface area contributed by atoms with Gasteiger partial charge in [0, 0.05) is 24.1 Å². The molecule has 26 heavy (non-hydrogen) atoms. The predicted octanol–water partition coefficient (Wildman–Crippen LogP) is 3.72. The molecule has 1 aliphatic rings. The second-order valence-electron chi connectivity index (χ2n) is 6.65. The van der Waals surface area contributed by atoms with Gasteiger partial charge in [-0.1, -0.05) is 25.1 Å². The van der Waals surface area contributed by atoms with E-state index in [1.165, 1.54) is 12.6 Å². The molecular formula is C21H20N2O3. The Labute approximate surface area is 152 Å². The van der Waals surface area contributed by atoms with Crippen molar-refractivity contribution in [3.63, 3.8) is 0 Å². The summed E-state index contributed by atoms with van der Waals surface area (Å²) in [5, 5.41) is 9.27. The lowest BCUT2D eigenvalue weighted by atomic mass is 9.82. The minimum Gasteiger partial charge on any atom is -0.457 e. The van der Waals surface area contributed by atoms with Crippen molar-refractivity contribution in [1.82, 2.24) is 4.90 Å². The third-order valence-electron chi connectivity index (χ3n) is 5.07. The Morgan fingerprint density at radius 2 is 1.92 bits per heavy atom. The lowest BCUT2D eigenvalue weighted by Crippen LogP contribution is -2.47. The average Bonchev–Trinajstić information content (AvgIpc) is 3.08. The van der Waals surface area contributed by atoms with Crippen molar-refractivity contribution in [2.75, 3.05) is 7.05 Å². The van der Waals surface area contributed by atoms with E-state index in [4.69, 9.17) is 4.42 Å². The van der Waals surface area contributed by atoms with Crippen LogP contribution in [0.15, 0.2) is 40.3 Å². The monoisotopic (exact) mass is 348 g/mol. The van der Waals surface area contributed by atoms with E-state index in [2.05, 4.69) is 0 Å². The smallest absolute Gasteiger partial charge is 0.256 e. The second kappa shape index (κ2) is 6.64. The van der Waals surface area contributed by atoms with Crippen LogP contribution in [0.2, 0.25) is 0 Å². The zero-order valence-electron chi connectivity index (χ0n) is 15.2. The van der Waals surface area contributed by atoms with Crippen LogP contribution in [-0.2, 0) is 9.59 Å². The van der Waals surface area contributed by atoms with Crippen molar-refractivity contribution in [2.45, 2.75) is 20.8 Å². The Hall–Kier alpha value is -3.13. The Balaban J connectivity index is 1.99. The molecule has 0 aliphatic carbocycles. The number of likely N-dealkylation sites (tertiary alicyclic amines) is 1. The summed E-state index contributed by atoms with van der Waals surface area (Å²) in [7, 11) is 1.40. The van der Waals surface area contributed by atoms with E-state index >= 15 is 0 Å². The third-order valence-corrected chi connectivity index (χ3v) is 5.07. The number of hydrogen-bond acceptors (Lipinski definition) is 4. The number of nitriles is 1. The SMILES string of the molecule is Cc1cccc(-c2ccc(/C=C3/C(=O)N(C)C(=O)C(C#N)C3C)o2)c1C. The molecule has 0 saturated carbocycles. The van der Waals surface area contributed by atoms with E-state index in [0.717, 1.165) is 21.8 Å². The highest BCUT2D eigenvalue weighted by Crippen LogP contribution is 2.32. The molecule has 2 atom stereocenters. The molecule has 0 bridgehead atoms. The van der Waals surface area contributed by atoms with Gasteiger partial charge < -0.3 is 4.42 Å². The van der Waals surface area contributed by atoms with E-state index in [1.54, 1.807) is 19.1 Å². The van der Waals surface area contributed by atoms with Gasteiger partial charge in [-0.2, -0.15) is 5.26 Å². The zero-order valence-corrected chi connectivity index (χ0v) is 15.2. The van der Waals surface area contributed by atoms with Crippen LogP contribution in [0.5, 0.6) is 0 Å². The first kappa shape index (κ1) is 17.7. The summed E-state index contributed by atoms with van der Waals surface area (Å²) in [4.78, 5) is 25.5. The van der Waals surface area contributed by atoms with Gasteiger partial charge in [-0.05, 0) is 43.2 Å². The average molecular weight is 348 g/mol. The summed E-state index contributed by atoms with van der Waals surface area (Å²) in [6.45, 7) is 5.80. The highest BCUT2D eigenvalue weighted by molar-refractivity contribution is 6.11. The van der Waals surface area contributed by atoms with E-state index in [0.29, 0.717) is 11.3 Å². The molecule has 0 N–H and O–H groups in total. The number of benzene rings is 1.